The molecule has 256 valence electrons. The van der Waals surface area contributed by atoms with Crippen LogP contribution >= 0.6 is 0 Å². The number of fused-ring (bicyclic) bond motifs is 6. The first kappa shape index (κ1) is 32.5. The summed E-state index contributed by atoms with van der Waals surface area (Å²) in [5, 5.41) is 14.1. The van der Waals surface area contributed by atoms with Crippen LogP contribution in [0.15, 0.2) is 164 Å². The number of benzene rings is 10. The Morgan fingerprint density at radius 1 is 0.291 bits per heavy atom. The first-order chi connectivity index (χ1) is 27.0. The van der Waals surface area contributed by atoms with Crippen LogP contribution in [0.2, 0.25) is 0 Å². The molecule has 0 aliphatic rings. The highest BCUT2D eigenvalue weighted by Crippen LogP contribution is 2.42. The minimum absolute atomic E-state index is 1.00. The molecule has 0 saturated carbocycles. The van der Waals surface area contributed by atoms with E-state index < -0.39 is 0 Å². The molecule has 55 heavy (non-hydrogen) atoms. The first-order valence-electron chi connectivity index (χ1n) is 18.9. The predicted octanol–water partition coefficient (Wildman–Crippen LogP) is 14.0. The van der Waals surface area contributed by atoms with E-state index in [1.165, 1.54) is 81.7 Å². The fourth-order valence-electron chi connectivity index (χ4n) is 8.78. The van der Waals surface area contributed by atoms with Crippen molar-refractivity contribution in [1.29, 1.82) is 0 Å². The Hall–Kier alpha value is -7.12. The highest BCUT2D eigenvalue weighted by molar-refractivity contribution is 6.16. The maximum Gasteiger partial charge on any atom is 0.0405 e. The van der Waals surface area contributed by atoms with E-state index in [9.17, 15) is 0 Å². The minimum atomic E-state index is 1.00. The SMILES string of the molecule is Cc1cc(C)c(-c2c3cccc(C#Cc4c5ccccc5cc5ccccc45)c3cc3c(C#Cc4c5ccccc5cc5ccccc45)cccc23)c(C)c1. The van der Waals surface area contributed by atoms with Gasteiger partial charge in [-0.2, -0.15) is 0 Å². The fourth-order valence-corrected chi connectivity index (χ4v) is 8.78. The lowest BCUT2D eigenvalue weighted by atomic mass is 9.85. The molecule has 0 bridgehead atoms. The molecule has 0 spiro atoms. The smallest absolute Gasteiger partial charge is 0.0405 e. The summed E-state index contributed by atoms with van der Waals surface area (Å²) in [5.41, 5.74) is 10.4. The summed E-state index contributed by atoms with van der Waals surface area (Å²) in [6, 6.07) is 59.0. The summed E-state index contributed by atoms with van der Waals surface area (Å²) < 4.78 is 0. The van der Waals surface area contributed by atoms with E-state index in [4.69, 9.17) is 0 Å². The van der Waals surface area contributed by atoms with Gasteiger partial charge in [-0.1, -0.05) is 163 Å². The normalized spacial score (nSPS) is 11.3. The Morgan fingerprint density at radius 2 is 0.655 bits per heavy atom. The van der Waals surface area contributed by atoms with Crippen LogP contribution in [0.4, 0.5) is 0 Å². The van der Waals surface area contributed by atoms with Gasteiger partial charge in [0.05, 0.1) is 0 Å². The Bertz CT molecular complexity index is 3030. The molecular formula is C55H36. The van der Waals surface area contributed by atoms with Crippen molar-refractivity contribution in [3.05, 3.63) is 203 Å². The summed E-state index contributed by atoms with van der Waals surface area (Å²) in [6.45, 7) is 6.66. The van der Waals surface area contributed by atoms with Gasteiger partial charge in [-0.25, -0.2) is 0 Å². The van der Waals surface area contributed by atoms with Crippen molar-refractivity contribution in [2.75, 3.05) is 0 Å². The summed E-state index contributed by atoms with van der Waals surface area (Å²) >= 11 is 0. The van der Waals surface area contributed by atoms with Crippen LogP contribution in [0, 0.1) is 44.5 Å². The van der Waals surface area contributed by atoms with E-state index in [0.29, 0.717) is 0 Å². The quantitative estimate of drug-likeness (QED) is 0.118. The average Bonchev–Trinajstić information content (AvgIpc) is 3.20. The van der Waals surface area contributed by atoms with Gasteiger partial charge in [0.2, 0.25) is 0 Å². The zero-order valence-corrected chi connectivity index (χ0v) is 31.1. The lowest BCUT2D eigenvalue weighted by Crippen LogP contribution is -1.95. The van der Waals surface area contributed by atoms with Crippen molar-refractivity contribution in [2.45, 2.75) is 20.8 Å². The van der Waals surface area contributed by atoms with Crippen molar-refractivity contribution in [1.82, 2.24) is 0 Å². The minimum Gasteiger partial charge on any atom is -0.0616 e. The van der Waals surface area contributed by atoms with Crippen molar-refractivity contribution in [3.8, 4) is 34.8 Å². The molecule has 10 rings (SSSR count). The van der Waals surface area contributed by atoms with E-state index in [1.807, 2.05) is 0 Å². The molecule has 0 amide bonds. The second-order valence-electron chi connectivity index (χ2n) is 14.7. The number of hydrogen-bond donors (Lipinski definition) is 0. The summed E-state index contributed by atoms with van der Waals surface area (Å²) in [4.78, 5) is 0. The van der Waals surface area contributed by atoms with Crippen molar-refractivity contribution in [3.63, 3.8) is 0 Å². The molecule has 0 heteroatoms. The van der Waals surface area contributed by atoms with Crippen LogP contribution in [0.3, 0.4) is 0 Å². The molecular weight excluding hydrogens is 661 g/mol. The highest BCUT2D eigenvalue weighted by atomic mass is 14.2. The summed E-state index contributed by atoms with van der Waals surface area (Å²) in [5.74, 6) is 14.8. The first-order valence-corrected chi connectivity index (χ1v) is 18.9. The number of rotatable bonds is 1. The van der Waals surface area contributed by atoms with Crippen LogP contribution in [-0.2, 0) is 0 Å². The molecule has 0 aliphatic heterocycles. The van der Waals surface area contributed by atoms with Gasteiger partial charge >= 0.3 is 0 Å². The maximum atomic E-state index is 3.70. The number of aryl methyl sites for hydroxylation is 3. The van der Waals surface area contributed by atoms with Crippen LogP contribution in [0.1, 0.15) is 38.9 Å². The third-order valence-electron chi connectivity index (χ3n) is 11.2. The zero-order valence-electron chi connectivity index (χ0n) is 31.1. The van der Waals surface area contributed by atoms with Crippen molar-refractivity contribution in [2.24, 2.45) is 0 Å². The van der Waals surface area contributed by atoms with E-state index in [2.05, 4.69) is 208 Å². The fraction of sp³-hybridized carbons (Fsp3) is 0.0545. The third-order valence-corrected chi connectivity index (χ3v) is 11.2. The Morgan fingerprint density at radius 3 is 1.05 bits per heavy atom. The molecule has 0 atom stereocenters. The maximum absolute atomic E-state index is 3.70. The lowest BCUT2D eigenvalue weighted by molar-refractivity contribution is 1.33. The highest BCUT2D eigenvalue weighted by Gasteiger charge is 2.17. The number of hydrogen-bond acceptors (Lipinski definition) is 0. The van der Waals surface area contributed by atoms with E-state index >= 15 is 0 Å². The second kappa shape index (κ2) is 13.1. The molecule has 0 radical (unpaired) electrons. The zero-order chi connectivity index (χ0) is 37.0. The second-order valence-corrected chi connectivity index (χ2v) is 14.7. The van der Waals surface area contributed by atoms with E-state index in [0.717, 1.165) is 33.0 Å². The Balaban J connectivity index is 1.27. The van der Waals surface area contributed by atoms with Gasteiger partial charge in [-0.3, -0.25) is 0 Å². The molecule has 0 N–H and O–H groups in total. The molecule has 0 heterocycles. The van der Waals surface area contributed by atoms with Crippen molar-refractivity contribution < 1.29 is 0 Å². The Kier molecular flexibility index (Phi) is 7.73. The molecule has 0 aliphatic carbocycles. The molecule has 0 nitrogen and oxygen atoms in total. The van der Waals surface area contributed by atoms with E-state index in [-0.39, 0.29) is 0 Å². The van der Waals surface area contributed by atoms with Gasteiger partial charge in [0, 0.05) is 22.3 Å². The van der Waals surface area contributed by atoms with E-state index in [1.54, 1.807) is 0 Å². The van der Waals surface area contributed by atoms with Gasteiger partial charge < -0.3 is 0 Å². The molecule has 0 fully saturated rings. The lowest BCUT2D eigenvalue weighted by Gasteiger charge is -2.18. The van der Waals surface area contributed by atoms with Crippen LogP contribution in [0.5, 0.6) is 0 Å². The van der Waals surface area contributed by atoms with Gasteiger partial charge in [0.25, 0.3) is 0 Å². The van der Waals surface area contributed by atoms with Gasteiger partial charge in [-0.05, 0) is 138 Å². The molecule has 10 aromatic rings. The topological polar surface area (TPSA) is 0 Å². The summed E-state index contributed by atoms with van der Waals surface area (Å²) in [7, 11) is 0. The monoisotopic (exact) mass is 696 g/mol. The Labute approximate surface area is 321 Å². The van der Waals surface area contributed by atoms with Gasteiger partial charge in [-0.15, -0.1) is 0 Å². The average molecular weight is 697 g/mol. The van der Waals surface area contributed by atoms with Crippen LogP contribution < -0.4 is 0 Å². The molecule has 0 saturated heterocycles. The molecule has 0 aromatic heterocycles. The predicted molar refractivity (Wildman–Crippen MR) is 236 cm³/mol. The summed E-state index contributed by atoms with van der Waals surface area (Å²) in [6.07, 6.45) is 0. The standard InChI is InChI=1S/C55H36/c1-35-30-36(2)54(37(3)31-35)55-50-24-12-18-38(26-28-48-44-20-8-4-14-40(44)32-41-15-5-9-21-45(41)48)52(50)34-53-39(19-13-25-51(53)55)27-29-49-46-22-10-6-16-42(46)33-43-17-7-11-23-47(43)49/h4-25,30-34H,1-3H3. The van der Waals surface area contributed by atoms with Gasteiger partial charge in [0.15, 0.2) is 0 Å². The van der Waals surface area contributed by atoms with Crippen molar-refractivity contribution >= 4 is 64.6 Å². The largest absolute Gasteiger partial charge is 0.0616 e. The third kappa shape index (κ3) is 5.51. The molecule has 10 aromatic carbocycles. The van der Waals surface area contributed by atoms with Gasteiger partial charge in [0.1, 0.15) is 0 Å². The van der Waals surface area contributed by atoms with Crippen LogP contribution in [-0.4, -0.2) is 0 Å². The van der Waals surface area contributed by atoms with Crippen LogP contribution in [0.25, 0.3) is 75.8 Å². The molecule has 0 unspecified atom stereocenters.